The lowest BCUT2D eigenvalue weighted by Crippen LogP contribution is -2.40. The highest BCUT2D eigenvalue weighted by Crippen LogP contribution is 2.23. The van der Waals surface area contributed by atoms with Gasteiger partial charge < -0.3 is 15.5 Å². The van der Waals surface area contributed by atoms with Crippen molar-refractivity contribution in [2.45, 2.75) is 25.3 Å². The molecule has 21 heavy (non-hydrogen) atoms. The van der Waals surface area contributed by atoms with Crippen LogP contribution in [-0.4, -0.2) is 39.0 Å². The number of carbonyl (C=O) groups is 3. The normalized spacial score (nSPS) is 11.6. The van der Waals surface area contributed by atoms with Gasteiger partial charge in [-0.3, -0.25) is 19.7 Å². The van der Waals surface area contributed by atoms with Crippen molar-refractivity contribution in [3.63, 3.8) is 0 Å². The van der Waals surface area contributed by atoms with Crippen LogP contribution in [0.5, 0.6) is 0 Å². The number of hydrogen-bond donors (Lipinski definition) is 3. The summed E-state index contributed by atoms with van der Waals surface area (Å²) in [6.45, 7) is 0. The Labute approximate surface area is 122 Å². The maximum Gasteiger partial charge on any atom is 0.326 e. The number of hydrogen-bond acceptors (Lipinski definition) is 6. The van der Waals surface area contributed by atoms with E-state index in [0.29, 0.717) is 11.3 Å². The van der Waals surface area contributed by atoms with Gasteiger partial charge >= 0.3 is 16.9 Å². The molecule has 1 amide bonds. The van der Waals surface area contributed by atoms with E-state index in [0.717, 1.165) is 6.07 Å². The SMILES string of the molecule is O=C(O)CCC[C@@H](NC(=O)c1ccc([N+](=O)[O-])s1)C(=O)O. The van der Waals surface area contributed by atoms with E-state index in [1.807, 2.05) is 0 Å². The molecule has 0 aliphatic rings. The monoisotopic (exact) mass is 316 g/mol. The second-order valence-electron chi connectivity index (χ2n) is 4.05. The maximum absolute atomic E-state index is 11.8. The molecule has 0 saturated carbocycles. The summed E-state index contributed by atoms with van der Waals surface area (Å²) in [5.41, 5.74) is 0. The average Bonchev–Trinajstić information content (AvgIpc) is 2.86. The summed E-state index contributed by atoms with van der Waals surface area (Å²) in [7, 11) is 0. The number of rotatable bonds is 8. The quantitative estimate of drug-likeness (QED) is 0.480. The van der Waals surface area contributed by atoms with Crippen LogP contribution in [-0.2, 0) is 9.59 Å². The minimum atomic E-state index is -1.29. The first-order valence-electron chi connectivity index (χ1n) is 5.81. The highest BCUT2D eigenvalue weighted by Gasteiger charge is 2.22. The van der Waals surface area contributed by atoms with Gasteiger partial charge in [-0.1, -0.05) is 11.3 Å². The van der Waals surface area contributed by atoms with E-state index in [1.165, 1.54) is 6.07 Å². The van der Waals surface area contributed by atoms with E-state index in [2.05, 4.69) is 5.32 Å². The predicted octanol–water partition coefficient (Wildman–Crippen LogP) is 1.09. The third kappa shape index (κ3) is 5.18. The second kappa shape index (κ2) is 7.33. The van der Waals surface area contributed by atoms with Crippen molar-refractivity contribution in [2.24, 2.45) is 0 Å². The summed E-state index contributed by atoms with van der Waals surface area (Å²) in [5.74, 6) is -3.09. The summed E-state index contributed by atoms with van der Waals surface area (Å²) < 4.78 is 0. The molecule has 9 nitrogen and oxygen atoms in total. The van der Waals surface area contributed by atoms with Crippen molar-refractivity contribution in [3.8, 4) is 0 Å². The van der Waals surface area contributed by atoms with E-state index < -0.39 is 28.8 Å². The first-order chi connectivity index (χ1) is 9.81. The molecule has 1 rings (SSSR count). The Kier molecular flexibility index (Phi) is 5.79. The topological polar surface area (TPSA) is 147 Å². The molecule has 1 heterocycles. The first kappa shape index (κ1) is 16.6. The lowest BCUT2D eigenvalue weighted by Gasteiger charge is -2.13. The summed E-state index contributed by atoms with van der Waals surface area (Å²) in [6.07, 6.45) is -0.151. The van der Waals surface area contributed by atoms with Crippen LogP contribution in [0.3, 0.4) is 0 Å². The van der Waals surface area contributed by atoms with Crippen LogP contribution in [0.4, 0.5) is 5.00 Å². The Morgan fingerprint density at radius 3 is 2.48 bits per heavy atom. The highest BCUT2D eigenvalue weighted by molar-refractivity contribution is 7.17. The minimum absolute atomic E-state index is 0.0196. The molecule has 0 aliphatic heterocycles. The van der Waals surface area contributed by atoms with Crippen molar-refractivity contribution in [2.75, 3.05) is 0 Å². The van der Waals surface area contributed by atoms with Crippen LogP contribution in [0.25, 0.3) is 0 Å². The third-order valence-corrected chi connectivity index (χ3v) is 3.52. The van der Waals surface area contributed by atoms with Gasteiger partial charge in [0.25, 0.3) is 5.91 Å². The largest absolute Gasteiger partial charge is 0.481 e. The van der Waals surface area contributed by atoms with Crippen molar-refractivity contribution in [1.82, 2.24) is 5.32 Å². The Hall–Kier alpha value is -2.49. The molecule has 0 aliphatic carbocycles. The second-order valence-corrected chi connectivity index (χ2v) is 5.11. The molecule has 3 N–H and O–H groups in total. The molecule has 0 bridgehead atoms. The van der Waals surface area contributed by atoms with Gasteiger partial charge in [0, 0.05) is 12.5 Å². The number of aliphatic carboxylic acids is 2. The van der Waals surface area contributed by atoms with Gasteiger partial charge in [0.05, 0.1) is 9.80 Å². The van der Waals surface area contributed by atoms with E-state index >= 15 is 0 Å². The summed E-state index contributed by atoms with van der Waals surface area (Å²) in [4.78, 5) is 43.0. The number of nitrogens with one attached hydrogen (secondary N) is 1. The molecule has 1 aromatic rings. The molecule has 0 saturated heterocycles. The molecule has 1 aromatic heterocycles. The minimum Gasteiger partial charge on any atom is -0.481 e. The van der Waals surface area contributed by atoms with Gasteiger partial charge in [0.15, 0.2) is 0 Å². The van der Waals surface area contributed by atoms with Crippen LogP contribution in [0.2, 0.25) is 0 Å². The number of nitrogens with zero attached hydrogens (tertiary/aromatic N) is 1. The standard InChI is InChI=1S/C11H12N2O7S/c14-9(15)3-1-2-6(11(17)18)12-10(16)7-4-5-8(21-7)13(19)20/h4-6H,1-3H2,(H,12,16)(H,14,15)(H,17,18)/t6-/m1/s1. The van der Waals surface area contributed by atoms with Gasteiger partial charge in [-0.2, -0.15) is 0 Å². The van der Waals surface area contributed by atoms with Gasteiger partial charge in [-0.05, 0) is 18.9 Å². The molecule has 0 aromatic carbocycles. The molecule has 114 valence electrons. The van der Waals surface area contributed by atoms with Crippen LogP contribution in [0, 0.1) is 10.1 Å². The predicted molar refractivity (Wildman–Crippen MR) is 71.4 cm³/mol. The molecule has 10 heteroatoms. The Bertz CT molecular complexity index is 569. The molecular formula is C11H12N2O7S. The summed E-state index contributed by atoms with van der Waals surface area (Å²) >= 11 is 0.633. The van der Waals surface area contributed by atoms with Gasteiger partial charge in [-0.15, -0.1) is 0 Å². The van der Waals surface area contributed by atoms with Gasteiger partial charge in [-0.25, -0.2) is 4.79 Å². The number of carboxylic acid groups (broad SMARTS) is 2. The number of nitro groups is 1. The third-order valence-electron chi connectivity index (χ3n) is 2.48. The molecule has 0 fully saturated rings. The average molecular weight is 316 g/mol. The van der Waals surface area contributed by atoms with E-state index in [9.17, 15) is 24.5 Å². The zero-order valence-electron chi connectivity index (χ0n) is 10.6. The number of carbonyl (C=O) groups excluding carboxylic acids is 1. The summed E-state index contributed by atoms with van der Waals surface area (Å²) in [6, 6.07) is 1.15. The van der Waals surface area contributed by atoms with Crippen LogP contribution in [0.1, 0.15) is 28.9 Å². The van der Waals surface area contributed by atoms with Crippen LogP contribution >= 0.6 is 11.3 Å². The molecular weight excluding hydrogens is 304 g/mol. The zero-order chi connectivity index (χ0) is 16.0. The smallest absolute Gasteiger partial charge is 0.326 e. The van der Waals surface area contributed by atoms with Crippen molar-refractivity contribution in [3.05, 3.63) is 27.1 Å². The Morgan fingerprint density at radius 1 is 1.33 bits per heavy atom. The Morgan fingerprint density at radius 2 is 2.00 bits per heavy atom. The molecule has 0 spiro atoms. The number of carboxylic acids is 2. The lowest BCUT2D eigenvalue weighted by molar-refractivity contribution is -0.380. The highest BCUT2D eigenvalue weighted by atomic mass is 32.1. The fraction of sp³-hybridized carbons (Fsp3) is 0.364. The maximum atomic E-state index is 11.8. The number of thiophene rings is 1. The van der Waals surface area contributed by atoms with Crippen LogP contribution in [0.15, 0.2) is 12.1 Å². The lowest BCUT2D eigenvalue weighted by atomic mass is 10.1. The zero-order valence-corrected chi connectivity index (χ0v) is 11.5. The van der Waals surface area contributed by atoms with E-state index in [-0.39, 0.29) is 29.1 Å². The molecule has 1 atom stereocenters. The summed E-state index contributed by atoms with van der Waals surface area (Å²) in [5, 5.41) is 29.9. The van der Waals surface area contributed by atoms with Crippen molar-refractivity contribution >= 4 is 34.2 Å². The van der Waals surface area contributed by atoms with Crippen molar-refractivity contribution < 1.29 is 29.5 Å². The molecule has 0 radical (unpaired) electrons. The van der Waals surface area contributed by atoms with Gasteiger partial charge in [0.1, 0.15) is 6.04 Å². The van der Waals surface area contributed by atoms with Crippen molar-refractivity contribution in [1.29, 1.82) is 0 Å². The van der Waals surface area contributed by atoms with Gasteiger partial charge in [0.2, 0.25) is 0 Å². The first-order valence-corrected chi connectivity index (χ1v) is 6.62. The molecule has 0 unspecified atom stereocenters. The van der Waals surface area contributed by atoms with E-state index in [1.54, 1.807) is 0 Å². The Balaban J connectivity index is 2.65. The van der Waals surface area contributed by atoms with Crippen LogP contribution < -0.4 is 5.32 Å². The number of amides is 1. The fourth-order valence-corrected chi connectivity index (χ4v) is 2.22. The van der Waals surface area contributed by atoms with E-state index in [4.69, 9.17) is 10.2 Å². The fourth-order valence-electron chi connectivity index (χ4n) is 1.49.